The van der Waals surface area contributed by atoms with Crippen LogP contribution in [0.5, 0.6) is 0 Å². The van der Waals surface area contributed by atoms with Gasteiger partial charge in [-0.3, -0.25) is 4.79 Å². The summed E-state index contributed by atoms with van der Waals surface area (Å²) >= 11 is 2.87. The van der Waals surface area contributed by atoms with Crippen LogP contribution < -0.4 is 5.32 Å². The Kier molecular flexibility index (Phi) is 3.90. The standard InChI is InChI=1S/C13H7BrF3NO/c14-8-5-12(11(17)6-10(8)16)18-13(19)7-3-1-2-4-9(7)15/h1-6H,(H,18,19). The molecule has 1 N–H and O–H groups in total. The molecular weight excluding hydrogens is 323 g/mol. The van der Waals surface area contributed by atoms with Crippen molar-refractivity contribution < 1.29 is 18.0 Å². The Labute approximate surface area is 115 Å². The molecule has 2 aromatic rings. The highest BCUT2D eigenvalue weighted by atomic mass is 79.9. The lowest BCUT2D eigenvalue weighted by Crippen LogP contribution is -2.14. The molecule has 0 aliphatic carbocycles. The van der Waals surface area contributed by atoms with Crippen LogP contribution in [0.25, 0.3) is 0 Å². The zero-order valence-corrected chi connectivity index (χ0v) is 11.0. The number of halogens is 4. The van der Waals surface area contributed by atoms with E-state index in [1.165, 1.54) is 18.2 Å². The van der Waals surface area contributed by atoms with Crippen molar-refractivity contribution in [1.29, 1.82) is 0 Å². The average molecular weight is 330 g/mol. The first-order valence-corrected chi connectivity index (χ1v) is 5.99. The van der Waals surface area contributed by atoms with Crippen molar-refractivity contribution in [3.8, 4) is 0 Å². The van der Waals surface area contributed by atoms with Gasteiger partial charge in [0.25, 0.3) is 5.91 Å². The highest BCUT2D eigenvalue weighted by Gasteiger charge is 2.14. The fourth-order valence-corrected chi connectivity index (χ4v) is 1.80. The minimum absolute atomic E-state index is 0.00210. The molecule has 0 heterocycles. The Hall–Kier alpha value is -1.82. The molecule has 0 atom stereocenters. The SMILES string of the molecule is O=C(Nc1cc(Br)c(F)cc1F)c1ccccc1F. The van der Waals surface area contributed by atoms with Crippen molar-refractivity contribution in [3.63, 3.8) is 0 Å². The molecule has 0 radical (unpaired) electrons. The third-order valence-corrected chi connectivity index (χ3v) is 2.98. The molecule has 1 amide bonds. The lowest BCUT2D eigenvalue weighted by molar-refractivity contribution is 0.102. The summed E-state index contributed by atoms with van der Waals surface area (Å²) in [5, 5.41) is 2.18. The topological polar surface area (TPSA) is 29.1 Å². The zero-order chi connectivity index (χ0) is 14.0. The van der Waals surface area contributed by atoms with Crippen molar-refractivity contribution in [3.05, 3.63) is 63.9 Å². The van der Waals surface area contributed by atoms with Gasteiger partial charge in [0.2, 0.25) is 0 Å². The molecule has 2 aromatic carbocycles. The van der Waals surface area contributed by atoms with Crippen LogP contribution >= 0.6 is 15.9 Å². The zero-order valence-electron chi connectivity index (χ0n) is 9.38. The molecule has 0 spiro atoms. The lowest BCUT2D eigenvalue weighted by Gasteiger charge is -2.08. The quantitative estimate of drug-likeness (QED) is 0.825. The second-order valence-electron chi connectivity index (χ2n) is 3.68. The van der Waals surface area contributed by atoms with Crippen LogP contribution in [0.4, 0.5) is 18.9 Å². The Bertz CT molecular complexity index is 646. The maximum absolute atomic E-state index is 13.4. The molecule has 0 aliphatic heterocycles. The number of nitrogens with one attached hydrogen (secondary N) is 1. The lowest BCUT2D eigenvalue weighted by atomic mass is 10.2. The summed E-state index contributed by atoms with van der Waals surface area (Å²) < 4.78 is 39.8. The van der Waals surface area contributed by atoms with Gasteiger partial charge in [0, 0.05) is 6.07 Å². The Morgan fingerprint density at radius 3 is 2.37 bits per heavy atom. The van der Waals surface area contributed by atoms with Crippen LogP contribution in [0.2, 0.25) is 0 Å². The molecule has 2 nitrogen and oxygen atoms in total. The molecule has 0 aromatic heterocycles. The van der Waals surface area contributed by atoms with Gasteiger partial charge >= 0.3 is 0 Å². The molecule has 2 rings (SSSR count). The Balaban J connectivity index is 2.30. The summed E-state index contributed by atoms with van der Waals surface area (Å²) in [7, 11) is 0. The van der Waals surface area contributed by atoms with E-state index in [0.717, 1.165) is 12.1 Å². The number of anilines is 1. The number of amides is 1. The highest BCUT2D eigenvalue weighted by Crippen LogP contribution is 2.24. The third-order valence-electron chi connectivity index (χ3n) is 2.38. The van der Waals surface area contributed by atoms with E-state index in [2.05, 4.69) is 21.2 Å². The van der Waals surface area contributed by atoms with E-state index in [1.807, 2.05) is 0 Å². The van der Waals surface area contributed by atoms with Gasteiger partial charge in [-0.2, -0.15) is 0 Å². The summed E-state index contributed by atoms with van der Waals surface area (Å²) in [5.41, 5.74) is -0.455. The molecule has 0 saturated carbocycles. The van der Waals surface area contributed by atoms with Crippen molar-refractivity contribution >= 4 is 27.5 Å². The second kappa shape index (κ2) is 5.44. The fraction of sp³-hybridized carbons (Fsp3) is 0. The molecule has 0 aliphatic rings. The van der Waals surface area contributed by atoms with E-state index in [1.54, 1.807) is 0 Å². The van der Waals surface area contributed by atoms with Crippen LogP contribution in [-0.2, 0) is 0 Å². The maximum Gasteiger partial charge on any atom is 0.258 e. The van der Waals surface area contributed by atoms with Crippen LogP contribution in [0.1, 0.15) is 10.4 Å². The summed E-state index contributed by atoms with van der Waals surface area (Å²) in [5.74, 6) is -3.26. The number of carbonyl (C=O) groups excluding carboxylic acids is 1. The molecule has 98 valence electrons. The predicted molar refractivity (Wildman–Crippen MR) is 68.4 cm³/mol. The molecule has 0 saturated heterocycles. The average Bonchev–Trinajstić information content (AvgIpc) is 2.36. The molecular formula is C13H7BrF3NO. The number of benzene rings is 2. The van der Waals surface area contributed by atoms with E-state index in [0.29, 0.717) is 6.07 Å². The number of hydrogen-bond acceptors (Lipinski definition) is 1. The number of hydrogen-bond donors (Lipinski definition) is 1. The molecule has 0 unspecified atom stereocenters. The van der Waals surface area contributed by atoms with Gasteiger partial charge in [-0.1, -0.05) is 12.1 Å². The predicted octanol–water partition coefficient (Wildman–Crippen LogP) is 4.12. The minimum atomic E-state index is -0.939. The van der Waals surface area contributed by atoms with Crippen molar-refractivity contribution in [2.75, 3.05) is 5.32 Å². The van der Waals surface area contributed by atoms with E-state index in [-0.39, 0.29) is 15.7 Å². The van der Waals surface area contributed by atoms with Gasteiger partial charge in [0.1, 0.15) is 17.5 Å². The van der Waals surface area contributed by atoms with E-state index >= 15 is 0 Å². The first-order chi connectivity index (χ1) is 8.99. The van der Waals surface area contributed by atoms with E-state index in [9.17, 15) is 18.0 Å². The van der Waals surface area contributed by atoms with Gasteiger partial charge in [0.05, 0.1) is 15.7 Å². The van der Waals surface area contributed by atoms with Gasteiger partial charge < -0.3 is 5.32 Å². The van der Waals surface area contributed by atoms with Crippen LogP contribution in [-0.4, -0.2) is 5.91 Å². The Morgan fingerprint density at radius 2 is 1.68 bits per heavy atom. The van der Waals surface area contributed by atoms with Crippen molar-refractivity contribution in [1.82, 2.24) is 0 Å². The van der Waals surface area contributed by atoms with Gasteiger partial charge in [0.15, 0.2) is 0 Å². The van der Waals surface area contributed by atoms with Crippen LogP contribution in [0, 0.1) is 17.5 Å². The summed E-state index contributed by atoms with van der Waals surface area (Å²) in [6.07, 6.45) is 0. The van der Waals surface area contributed by atoms with E-state index < -0.39 is 23.4 Å². The number of carbonyl (C=O) groups is 1. The monoisotopic (exact) mass is 329 g/mol. The van der Waals surface area contributed by atoms with Crippen LogP contribution in [0.3, 0.4) is 0 Å². The molecule has 0 fully saturated rings. The second-order valence-corrected chi connectivity index (χ2v) is 4.53. The van der Waals surface area contributed by atoms with Crippen molar-refractivity contribution in [2.45, 2.75) is 0 Å². The highest BCUT2D eigenvalue weighted by molar-refractivity contribution is 9.10. The van der Waals surface area contributed by atoms with Crippen molar-refractivity contribution in [2.24, 2.45) is 0 Å². The Morgan fingerprint density at radius 1 is 1.00 bits per heavy atom. The fourth-order valence-electron chi connectivity index (χ4n) is 1.45. The largest absolute Gasteiger partial charge is 0.319 e. The molecule has 0 bridgehead atoms. The summed E-state index contributed by atoms with van der Waals surface area (Å²) in [4.78, 5) is 11.8. The number of rotatable bonds is 2. The van der Waals surface area contributed by atoms with Gasteiger partial charge in [-0.25, -0.2) is 13.2 Å². The maximum atomic E-state index is 13.4. The van der Waals surface area contributed by atoms with E-state index in [4.69, 9.17) is 0 Å². The smallest absolute Gasteiger partial charge is 0.258 e. The van der Waals surface area contributed by atoms with Gasteiger partial charge in [-0.15, -0.1) is 0 Å². The molecule has 19 heavy (non-hydrogen) atoms. The third kappa shape index (κ3) is 2.96. The first kappa shape index (κ1) is 13.6. The normalized spacial score (nSPS) is 10.3. The van der Waals surface area contributed by atoms with Gasteiger partial charge in [-0.05, 0) is 34.1 Å². The summed E-state index contributed by atoms with van der Waals surface area (Å²) in [6, 6.07) is 6.99. The minimum Gasteiger partial charge on any atom is -0.319 e. The van der Waals surface area contributed by atoms with Crippen LogP contribution in [0.15, 0.2) is 40.9 Å². The first-order valence-electron chi connectivity index (χ1n) is 5.19. The molecule has 6 heteroatoms. The summed E-state index contributed by atoms with van der Waals surface area (Å²) in [6.45, 7) is 0.